The third-order valence-corrected chi connectivity index (χ3v) is 10.4. The molecule has 5 aliphatic rings. The second-order valence-corrected chi connectivity index (χ2v) is 14.7. The zero-order valence-corrected chi connectivity index (χ0v) is 32.4. The fraction of sp³-hybridized carbons (Fsp3) is 0.227. The van der Waals surface area contributed by atoms with Gasteiger partial charge in [-0.05, 0) is 49.3 Å². The molecule has 4 heterocycles. The van der Waals surface area contributed by atoms with Crippen molar-refractivity contribution < 1.29 is 57.9 Å². The van der Waals surface area contributed by atoms with Gasteiger partial charge < -0.3 is 50.4 Å². The van der Waals surface area contributed by atoms with Gasteiger partial charge >= 0.3 is 11.9 Å². The summed E-state index contributed by atoms with van der Waals surface area (Å²) in [5, 5.41) is 32.5. The summed E-state index contributed by atoms with van der Waals surface area (Å²) >= 11 is 0. The predicted molar refractivity (Wildman–Crippen MR) is 210 cm³/mol. The van der Waals surface area contributed by atoms with E-state index in [2.05, 4.69) is 21.3 Å². The number of hydrogen-bond donors (Lipinski definition) is 6. The highest BCUT2D eigenvalue weighted by Crippen LogP contribution is 2.46. The first-order valence-corrected chi connectivity index (χ1v) is 18.9. The molecule has 0 atom stereocenters. The van der Waals surface area contributed by atoms with Crippen molar-refractivity contribution in [2.75, 3.05) is 0 Å². The van der Waals surface area contributed by atoms with E-state index in [0.717, 1.165) is 0 Å². The van der Waals surface area contributed by atoms with Crippen LogP contribution in [0.25, 0.3) is 0 Å². The number of ether oxygens (including phenoxy) is 4. The lowest BCUT2D eigenvalue weighted by molar-refractivity contribution is -0.302. The number of esters is 2. The van der Waals surface area contributed by atoms with Crippen LogP contribution in [-0.2, 0) is 59.0 Å². The van der Waals surface area contributed by atoms with Gasteiger partial charge in [0.25, 0.3) is 47.1 Å². The molecule has 2 spiro atoms. The van der Waals surface area contributed by atoms with Crippen LogP contribution in [0.4, 0.5) is 0 Å². The van der Waals surface area contributed by atoms with Gasteiger partial charge in [0.05, 0.1) is 0 Å². The second-order valence-electron chi connectivity index (χ2n) is 14.7. The molecule has 2 aromatic rings. The van der Waals surface area contributed by atoms with Crippen LogP contribution in [0.5, 0.6) is 0 Å². The van der Waals surface area contributed by atoms with Crippen LogP contribution < -0.4 is 21.3 Å². The molecular formula is C44H40N4O12. The highest BCUT2D eigenvalue weighted by Gasteiger charge is 2.55. The lowest BCUT2D eigenvalue weighted by atomic mass is 9.87. The number of hydrogen-bond acceptors (Lipinski definition) is 12. The Balaban J connectivity index is 0.917. The lowest BCUT2D eigenvalue weighted by Gasteiger charge is -2.46. The van der Waals surface area contributed by atoms with Gasteiger partial charge in [0.2, 0.25) is 0 Å². The van der Waals surface area contributed by atoms with Crippen LogP contribution in [0.2, 0.25) is 0 Å². The van der Waals surface area contributed by atoms with Crippen molar-refractivity contribution in [1.82, 2.24) is 21.3 Å². The molecule has 0 unspecified atom stereocenters. The van der Waals surface area contributed by atoms with Crippen LogP contribution in [-0.4, -0.2) is 57.4 Å². The zero-order valence-electron chi connectivity index (χ0n) is 32.4. The van der Waals surface area contributed by atoms with Crippen molar-refractivity contribution in [1.29, 1.82) is 0 Å². The monoisotopic (exact) mass is 816 g/mol. The summed E-state index contributed by atoms with van der Waals surface area (Å²) in [7, 11) is 0. The van der Waals surface area contributed by atoms with Gasteiger partial charge in [-0.25, -0.2) is 9.59 Å². The van der Waals surface area contributed by atoms with Crippen molar-refractivity contribution in [2.24, 2.45) is 0 Å². The molecule has 2 aromatic carbocycles. The van der Waals surface area contributed by atoms with E-state index in [1.807, 2.05) is 12.1 Å². The van der Waals surface area contributed by atoms with Gasteiger partial charge in [-0.2, -0.15) is 0 Å². The third-order valence-electron chi connectivity index (χ3n) is 10.4. The summed E-state index contributed by atoms with van der Waals surface area (Å²) in [4.78, 5) is 77.0. The molecule has 6 N–H and O–H groups in total. The molecule has 16 heteroatoms. The quantitative estimate of drug-likeness (QED) is 0.0964. The average Bonchev–Trinajstić information content (AvgIpc) is 3.20. The molecule has 308 valence electrons. The van der Waals surface area contributed by atoms with Crippen LogP contribution >= 0.6 is 0 Å². The fourth-order valence-electron chi connectivity index (χ4n) is 7.14. The van der Waals surface area contributed by atoms with Crippen molar-refractivity contribution in [3.8, 4) is 0 Å². The molecule has 3 fully saturated rings. The SMILES string of the molecule is CC1(c2ccccc2)NC(=O)C(=CC=CC=CC2=C(O)OC3(CCC4(CC3)OC(=O)C(C=CC=CC=C3C(=O)NC(C)(c5ccccc5)NC3=O)=C(O)O4)OC2=O)C(=O)N1. The standard InChI is InChI=1S/C44H40N4O12/c1-41(27-15-7-3-8-16-27)45-33(49)29(34(50)46-41)19-11-5-13-21-31-37(53)57-43(58-38(31)54)23-25-44(26-24-43)59-39(55)32(40(56)60-44)22-14-6-12-20-30-35(51)47-42(2,48-36(30)52)28-17-9-4-10-18-28/h3-22,53,55H,23-26H2,1-2H3,(H,45,49)(H,46,50)(H,47,51)(H,48,52). The molecule has 4 aliphatic heterocycles. The topological polar surface area (TPSA) is 228 Å². The molecule has 1 saturated carbocycles. The molecule has 7 rings (SSSR count). The van der Waals surface area contributed by atoms with E-state index in [1.54, 1.807) is 62.4 Å². The van der Waals surface area contributed by atoms with E-state index in [4.69, 9.17) is 18.9 Å². The van der Waals surface area contributed by atoms with E-state index in [0.29, 0.717) is 11.1 Å². The number of benzene rings is 2. The Morgan fingerprint density at radius 1 is 0.483 bits per heavy atom. The van der Waals surface area contributed by atoms with E-state index in [1.165, 1.54) is 60.8 Å². The maximum Gasteiger partial charge on any atom is 0.348 e. The van der Waals surface area contributed by atoms with Crippen molar-refractivity contribution in [2.45, 2.75) is 62.4 Å². The maximum atomic E-state index is 13.0. The molecule has 2 saturated heterocycles. The number of allylic oxidation sites excluding steroid dienone is 8. The van der Waals surface area contributed by atoms with Crippen LogP contribution in [0, 0.1) is 0 Å². The smallest absolute Gasteiger partial charge is 0.348 e. The number of aliphatic hydroxyl groups excluding tert-OH is 2. The Bertz CT molecular complexity index is 2190. The minimum absolute atomic E-state index is 0.0739. The molecule has 16 nitrogen and oxygen atoms in total. The molecular weight excluding hydrogens is 777 g/mol. The Hall–Kier alpha value is -7.62. The lowest BCUT2D eigenvalue weighted by Crippen LogP contribution is -2.62. The summed E-state index contributed by atoms with van der Waals surface area (Å²) in [6, 6.07) is 18.0. The first kappa shape index (κ1) is 40.6. The normalized spacial score (nSPS) is 28.4. The summed E-state index contributed by atoms with van der Waals surface area (Å²) in [5.74, 6) is -8.67. The van der Waals surface area contributed by atoms with Gasteiger partial charge in [0.15, 0.2) is 0 Å². The van der Waals surface area contributed by atoms with E-state index < -0.39 is 70.4 Å². The van der Waals surface area contributed by atoms with Gasteiger partial charge in [-0.15, -0.1) is 0 Å². The number of rotatable bonds is 8. The highest BCUT2D eigenvalue weighted by atomic mass is 16.8. The summed E-state index contributed by atoms with van der Waals surface area (Å²) in [5.41, 5.74) is -1.60. The van der Waals surface area contributed by atoms with E-state index >= 15 is 0 Å². The predicted octanol–water partition coefficient (Wildman–Crippen LogP) is 3.95. The van der Waals surface area contributed by atoms with E-state index in [9.17, 15) is 39.0 Å². The third kappa shape index (κ3) is 8.20. The Labute approximate surface area is 343 Å². The number of carbonyl (C=O) groups excluding carboxylic acids is 6. The molecule has 60 heavy (non-hydrogen) atoms. The van der Waals surface area contributed by atoms with Crippen molar-refractivity contribution in [3.05, 3.63) is 167 Å². The van der Waals surface area contributed by atoms with Crippen molar-refractivity contribution >= 4 is 35.6 Å². The number of carbonyl (C=O) groups is 6. The van der Waals surface area contributed by atoms with Crippen LogP contribution in [0.1, 0.15) is 50.7 Å². The molecule has 4 amide bonds. The number of nitrogens with one attached hydrogen (secondary N) is 4. The molecule has 0 radical (unpaired) electrons. The summed E-state index contributed by atoms with van der Waals surface area (Å²) < 4.78 is 22.5. The summed E-state index contributed by atoms with van der Waals surface area (Å²) in [6.45, 7) is 3.36. The van der Waals surface area contributed by atoms with Gasteiger partial charge in [-0.1, -0.05) is 97.1 Å². The van der Waals surface area contributed by atoms with Gasteiger partial charge in [0, 0.05) is 25.7 Å². The average molecular weight is 817 g/mol. The Morgan fingerprint density at radius 2 is 0.817 bits per heavy atom. The van der Waals surface area contributed by atoms with Crippen LogP contribution in [0.3, 0.4) is 0 Å². The van der Waals surface area contributed by atoms with Gasteiger partial charge in [-0.3, -0.25) is 19.2 Å². The van der Waals surface area contributed by atoms with Gasteiger partial charge in [0.1, 0.15) is 33.6 Å². The molecule has 1 aliphatic carbocycles. The second kappa shape index (κ2) is 16.0. The van der Waals surface area contributed by atoms with Crippen molar-refractivity contribution in [3.63, 3.8) is 0 Å². The highest BCUT2D eigenvalue weighted by molar-refractivity contribution is 6.21. The largest absolute Gasteiger partial charge is 0.480 e. The summed E-state index contributed by atoms with van der Waals surface area (Å²) in [6.07, 6.45) is 13.2. The Kier molecular flexibility index (Phi) is 10.8. The number of aliphatic hydroxyl groups is 2. The fourth-order valence-corrected chi connectivity index (χ4v) is 7.14. The zero-order chi connectivity index (χ0) is 42.7. The maximum absolute atomic E-state index is 13.0. The molecule has 0 aromatic heterocycles. The van der Waals surface area contributed by atoms with Crippen LogP contribution in [0.15, 0.2) is 156 Å². The minimum atomic E-state index is -1.60. The first-order chi connectivity index (χ1) is 28.6. The number of amides is 4. The Morgan fingerprint density at radius 3 is 1.13 bits per heavy atom. The van der Waals surface area contributed by atoms with E-state index in [-0.39, 0.29) is 48.0 Å². The first-order valence-electron chi connectivity index (χ1n) is 18.9. The molecule has 0 bridgehead atoms. The minimum Gasteiger partial charge on any atom is -0.480 e.